The highest BCUT2D eigenvalue weighted by atomic mass is 32.2. The Kier molecular flexibility index (Phi) is 6.75. The number of ether oxygens (including phenoxy) is 2. The van der Waals surface area contributed by atoms with E-state index in [0.717, 1.165) is 38.9 Å². The van der Waals surface area contributed by atoms with Gasteiger partial charge in [0, 0.05) is 11.9 Å². The molecule has 0 radical (unpaired) electrons. The number of pyridine rings is 1. The van der Waals surface area contributed by atoms with E-state index >= 15 is 0 Å². The summed E-state index contributed by atoms with van der Waals surface area (Å²) < 4.78 is 12.7. The first-order chi connectivity index (χ1) is 15.6. The number of rotatable bonds is 8. The van der Waals surface area contributed by atoms with Crippen molar-refractivity contribution in [3.63, 3.8) is 0 Å². The normalized spacial score (nSPS) is 11.0. The lowest BCUT2D eigenvalue weighted by atomic mass is 10.1. The number of aryl methyl sites for hydroxylation is 1. The molecule has 0 saturated heterocycles. The summed E-state index contributed by atoms with van der Waals surface area (Å²) in [7, 11) is 1.68. The van der Waals surface area contributed by atoms with Crippen LogP contribution in [-0.2, 0) is 17.0 Å². The predicted molar refractivity (Wildman–Crippen MR) is 126 cm³/mol. The second-order valence-electron chi connectivity index (χ2n) is 7.32. The molecule has 4 aromatic rings. The number of fused-ring (bicyclic) bond motifs is 1. The zero-order valence-electron chi connectivity index (χ0n) is 18.4. The standard InChI is InChI=1S/C25H25N3O3S/c1-4-31-24(29)19-9-10-22-21(14-19)27-25(28(22)15-20-7-5-6-12-26-20)32-16-18-8-11-23(30-3)17(2)13-18/h5-14H,4,15-16H2,1-3H3. The number of carbonyl (C=O) groups is 1. The molecule has 0 N–H and O–H groups in total. The zero-order valence-corrected chi connectivity index (χ0v) is 19.2. The van der Waals surface area contributed by atoms with E-state index < -0.39 is 0 Å². The molecule has 0 unspecified atom stereocenters. The minimum atomic E-state index is -0.336. The highest BCUT2D eigenvalue weighted by Gasteiger charge is 2.16. The Morgan fingerprint density at radius 2 is 2.00 bits per heavy atom. The molecule has 0 spiro atoms. The quantitative estimate of drug-likeness (QED) is 0.271. The molecule has 0 bridgehead atoms. The lowest BCUT2D eigenvalue weighted by Gasteiger charge is -2.10. The second kappa shape index (κ2) is 9.87. The van der Waals surface area contributed by atoms with Crippen molar-refractivity contribution in [3.05, 3.63) is 83.2 Å². The topological polar surface area (TPSA) is 66.2 Å². The van der Waals surface area contributed by atoms with Gasteiger partial charge in [-0.3, -0.25) is 4.98 Å². The smallest absolute Gasteiger partial charge is 0.338 e. The van der Waals surface area contributed by atoms with Gasteiger partial charge in [0.15, 0.2) is 5.16 Å². The third kappa shape index (κ3) is 4.78. The number of benzene rings is 2. The highest BCUT2D eigenvalue weighted by Crippen LogP contribution is 2.29. The van der Waals surface area contributed by atoms with Gasteiger partial charge in [-0.1, -0.05) is 30.0 Å². The van der Waals surface area contributed by atoms with Gasteiger partial charge < -0.3 is 14.0 Å². The number of esters is 1. The molecule has 7 heteroatoms. The Morgan fingerprint density at radius 1 is 1.12 bits per heavy atom. The molecule has 2 aromatic heterocycles. The fourth-order valence-corrected chi connectivity index (χ4v) is 4.50. The number of thioether (sulfide) groups is 1. The van der Waals surface area contributed by atoms with Crippen molar-refractivity contribution in [1.29, 1.82) is 0 Å². The third-order valence-corrected chi connectivity index (χ3v) is 6.15. The van der Waals surface area contributed by atoms with E-state index in [0.29, 0.717) is 18.7 Å². The number of nitrogens with zero attached hydrogens (tertiary/aromatic N) is 3. The summed E-state index contributed by atoms with van der Waals surface area (Å²) in [6.45, 7) is 4.78. The predicted octanol–water partition coefficient (Wildman–Crippen LogP) is 5.27. The summed E-state index contributed by atoms with van der Waals surface area (Å²) in [5.74, 6) is 1.31. The Balaban J connectivity index is 1.67. The Hall–Kier alpha value is -3.32. The van der Waals surface area contributed by atoms with Crippen LogP contribution in [0.2, 0.25) is 0 Å². The molecule has 4 rings (SSSR count). The van der Waals surface area contributed by atoms with Crippen LogP contribution in [0.25, 0.3) is 11.0 Å². The number of methoxy groups -OCH3 is 1. The van der Waals surface area contributed by atoms with Gasteiger partial charge in [0.25, 0.3) is 0 Å². The van der Waals surface area contributed by atoms with Crippen LogP contribution in [0.4, 0.5) is 0 Å². The fraction of sp³-hybridized carbons (Fsp3) is 0.240. The van der Waals surface area contributed by atoms with E-state index in [1.165, 1.54) is 5.56 Å². The van der Waals surface area contributed by atoms with Crippen molar-refractivity contribution in [2.24, 2.45) is 0 Å². The maximum atomic E-state index is 12.2. The van der Waals surface area contributed by atoms with E-state index in [4.69, 9.17) is 14.5 Å². The number of hydrogen-bond acceptors (Lipinski definition) is 6. The summed E-state index contributed by atoms with van der Waals surface area (Å²) >= 11 is 1.66. The molecule has 0 aliphatic carbocycles. The molecule has 6 nitrogen and oxygen atoms in total. The van der Waals surface area contributed by atoms with Crippen molar-refractivity contribution in [1.82, 2.24) is 14.5 Å². The maximum absolute atomic E-state index is 12.2. The molecule has 2 heterocycles. The van der Waals surface area contributed by atoms with Crippen molar-refractivity contribution in [3.8, 4) is 5.75 Å². The first-order valence-corrected chi connectivity index (χ1v) is 11.4. The minimum Gasteiger partial charge on any atom is -0.496 e. The molecule has 2 aromatic carbocycles. The summed E-state index contributed by atoms with van der Waals surface area (Å²) in [5, 5.41) is 0.875. The average molecular weight is 448 g/mol. The highest BCUT2D eigenvalue weighted by molar-refractivity contribution is 7.98. The first-order valence-electron chi connectivity index (χ1n) is 10.4. The van der Waals surface area contributed by atoms with Gasteiger partial charge in [0.2, 0.25) is 0 Å². The molecule has 0 aliphatic heterocycles. The van der Waals surface area contributed by atoms with E-state index in [-0.39, 0.29) is 5.97 Å². The minimum absolute atomic E-state index is 0.336. The molecule has 0 aliphatic rings. The van der Waals surface area contributed by atoms with E-state index in [9.17, 15) is 4.79 Å². The average Bonchev–Trinajstić information content (AvgIpc) is 3.15. The van der Waals surface area contributed by atoms with Gasteiger partial charge in [0.05, 0.1) is 42.6 Å². The summed E-state index contributed by atoms with van der Waals surface area (Å²) in [6, 6.07) is 17.6. The van der Waals surface area contributed by atoms with Crippen LogP contribution in [0.15, 0.2) is 66.0 Å². The van der Waals surface area contributed by atoms with Crippen LogP contribution in [0.5, 0.6) is 5.75 Å². The Labute approximate surface area is 191 Å². The monoisotopic (exact) mass is 447 g/mol. The number of aromatic nitrogens is 3. The van der Waals surface area contributed by atoms with Crippen molar-refractivity contribution >= 4 is 28.8 Å². The molecule has 164 valence electrons. The summed E-state index contributed by atoms with van der Waals surface area (Å²) in [5.41, 5.74) is 5.47. The maximum Gasteiger partial charge on any atom is 0.338 e. The van der Waals surface area contributed by atoms with Gasteiger partial charge in [0.1, 0.15) is 5.75 Å². The van der Waals surface area contributed by atoms with Crippen LogP contribution >= 0.6 is 11.8 Å². The zero-order chi connectivity index (χ0) is 22.5. The Morgan fingerprint density at radius 3 is 2.72 bits per heavy atom. The molecular weight excluding hydrogens is 422 g/mol. The molecule has 0 atom stereocenters. The van der Waals surface area contributed by atoms with E-state index in [1.807, 2.05) is 37.3 Å². The molecular formula is C25H25N3O3S. The SMILES string of the molecule is CCOC(=O)c1ccc2c(c1)nc(SCc1ccc(OC)c(C)c1)n2Cc1ccccn1. The van der Waals surface area contributed by atoms with Gasteiger partial charge >= 0.3 is 5.97 Å². The Bertz CT molecular complexity index is 1240. The lowest BCUT2D eigenvalue weighted by Crippen LogP contribution is -2.05. The molecule has 0 amide bonds. The first kappa shape index (κ1) is 21.9. The van der Waals surface area contributed by atoms with Crippen molar-refractivity contribution in [2.45, 2.75) is 31.3 Å². The van der Waals surface area contributed by atoms with Crippen LogP contribution in [0, 0.1) is 6.92 Å². The number of carbonyl (C=O) groups excluding carboxylic acids is 1. The van der Waals surface area contributed by atoms with Crippen LogP contribution in [-0.4, -0.2) is 34.2 Å². The van der Waals surface area contributed by atoms with E-state index in [2.05, 4.69) is 21.7 Å². The van der Waals surface area contributed by atoms with Crippen LogP contribution in [0.3, 0.4) is 0 Å². The molecule has 0 saturated carbocycles. The van der Waals surface area contributed by atoms with Gasteiger partial charge in [-0.25, -0.2) is 9.78 Å². The fourth-order valence-electron chi connectivity index (χ4n) is 3.54. The van der Waals surface area contributed by atoms with E-state index in [1.54, 1.807) is 44.1 Å². The van der Waals surface area contributed by atoms with Crippen LogP contribution < -0.4 is 4.74 Å². The number of hydrogen-bond donors (Lipinski definition) is 0. The van der Waals surface area contributed by atoms with Gasteiger partial charge in [-0.15, -0.1) is 0 Å². The lowest BCUT2D eigenvalue weighted by molar-refractivity contribution is 0.0526. The van der Waals surface area contributed by atoms with Crippen LogP contribution in [0.1, 0.15) is 34.1 Å². The molecule has 0 fully saturated rings. The summed E-state index contributed by atoms with van der Waals surface area (Å²) in [6.07, 6.45) is 1.79. The van der Waals surface area contributed by atoms with Crippen molar-refractivity contribution < 1.29 is 14.3 Å². The number of imidazole rings is 1. The van der Waals surface area contributed by atoms with Gasteiger partial charge in [-0.2, -0.15) is 0 Å². The third-order valence-electron chi connectivity index (χ3n) is 5.10. The largest absolute Gasteiger partial charge is 0.496 e. The van der Waals surface area contributed by atoms with Gasteiger partial charge in [-0.05, 0) is 61.4 Å². The van der Waals surface area contributed by atoms with Crippen molar-refractivity contribution in [2.75, 3.05) is 13.7 Å². The molecule has 32 heavy (non-hydrogen) atoms. The second-order valence-corrected chi connectivity index (χ2v) is 8.26. The summed E-state index contributed by atoms with van der Waals surface area (Å²) in [4.78, 5) is 21.5.